The van der Waals surface area contributed by atoms with E-state index in [1.807, 2.05) is 13.0 Å². The molecule has 6 aromatic rings. The number of carboxylic acids is 3. The topological polar surface area (TPSA) is 196 Å². The molecule has 0 aliphatic carbocycles. The minimum Gasteiger partial charge on any atom is -0.473 e. The molecule has 13 heteroatoms. The van der Waals surface area contributed by atoms with E-state index >= 15 is 0 Å². The number of carbonyl (C=O) groups is 6. The number of halogens is 1. The molecule has 6 rings (SSSR count). The van der Waals surface area contributed by atoms with Gasteiger partial charge in [0.2, 0.25) is 0 Å². The molecule has 66 heavy (non-hydrogen) atoms. The highest BCUT2D eigenvalue weighted by atomic mass is 35.5. The highest BCUT2D eigenvalue weighted by Crippen LogP contribution is 2.40. The summed E-state index contributed by atoms with van der Waals surface area (Å²) in [6.07, 6.45) is -0.351. The number of rotatable bonds is 5. The minimum atomic E-state index is -1.82. The maximum atomic E-state index is 11.7. The molecular formula is C53H60ClNO11. The van der Waals surface area contributed by atoms with Gasteiger partial charge in [0.15, 0.2) is 0 Å². The summed E-state index contributed by atoms with van der Waals surface area (Å²) in [6.45, 7) is 22.0. The Hall–Kier alpha value is -6.89. The molecule has 12 nitrogen and oxygen atoms in total. The average Bonchev–Trinajstić information content (AvgIpc) is 3.23. The van der Waals surface area contributed by atoms with Crippen LogP contribution in [0.15, 0.2) is 146 Å². The largest absolute Gasteiger partial charge is 0.473 e. The van der Waals surface area contributed by atoms with Gasteiger partial charge >= 0.3 is 29.8 Å². The molecule has 350 valence electrons. The SMILES string of the molecule is CC(C)(C)N(c1ccccc1)C(C)(C)C.CC(O)C(c1cccc2ccccc12)C(C)(C)C.O=C(Cl)c1ccccc1.O=C(O)C(=O)O.O=C(O)C(=O)OC(=O)c1cccc2ccccc12. The van der Waals surface area contributed by atoms with Crippen molar-refractivity contribution in [2.24, 2.45) is 5.41 Å². The number of para-hydroxylation sites is 1. The Morgan fingerprint density at radius 2 is 0.939 bits per heavy atom. The van der Waals surface area contributed by atoms with Gasteiger partial charge in [0.05, 0.1) is 11.7 Å². The van der Waals surface area contributed by atoms with Crippen molar-refractivity contribution < 1.29 is 53.9 Å². The number of aliphatic hydroxyl groups is 1. The van der Waals surface area contributed by atoms with Crippen LogP contribution in [0, 0.1) is 5.41 Å². The van der Waals surface area contributed by atoms with Crippen LogP contribution in [0.3, 0.4) is 0 Å². The Morgan fingerprint density at radius 3 is 1.35 bits per heavy atom. The van der Waals surface area contributed by atoms with Crippen molar-refractivity contribution in [1.29, 1.82) is 0 Å². The van der Waals surface area contributed by atoms with Gasteiger partial charge in [-0.3, -0.25) is 4.79 Å². The lowest BCUT2D eigenvalue weighted by molar-refractivity contribution is -0.160. The summed E-state index contributed by atoms with van der Waals surface area (Å²) in [6, 6.07) is 46.0. The Bertz CT molecular complexity index is 2520. The van der Waals surface area contributed by atoms with Gasteiger partial charge < -0.3 is 30.1 Å². The summed E-state index contributed by atoms with van der Waals surface area (Å²) < 4.78 is 4.23. The molecule has 0 heterocycles. The molecule has 6 aromatic carbocycles. The Balaban J connectivity index is 0.000000296. The van der Waals surface area contributed by atoms with Gasteiger partial charge in [0, 0.05) is 28.2 Å². The van der Waals surface area contributed by atoms with Gasteiger partial charge in [-0.05, 0) is 111 Å². The van der Waals surface area contributed by atoms with Crippen molar-refractivity contribution in [2.45, 2.75) is 92.3 Å². The molecule has 0 saturated carbocycles. The second kappa shape index (κ2) is 25.0. The zero-order chi connectivity index (χ0) is 50.0. The third-order valence-corrected chi connectivity index (χ3v) is 9.70. The van der Waals surface area contributed by atoms with E-state index in [0.29, 0.717) is 10.9 Å². The minimum absolute atomic E-state index is 0.0400. The quantitative estimate of drug-likeness (QED) is 0.0554. The van der Waals surface area contributed by atoms with Crippen LogP contribution in [0.2, 0.25) is 0 Å². The van der Waals surface area contributed by atoms with Crippen LogP contribution in [0.25, 0.3) is 21.5 Å². The molecule has 0 aliphatic heterocycles. The molecule has 0 amide bonds. The molecule has 2 atom stereocenters. The molecular weight excluding hydrogens is 862 g/mol. The van der Waals surface area contributed by atoms with E-state index in [2.05, 4.69) is 145 Å². The standard InChI is InChI=1S/C17H22O.C14H23N.C13H8O5.C7H5ClO.C2H2O4/c1-12(18)16(17(2,3)4)15-11-7-9-13-8-5-6-10-14(13)15;1-13(2,3)15(14(4,5)6)12-10-8-7-9-11-12;14-11(15)13(17)18-12(16)10-7-3-5-8-4-1-2-6-9(8)10;8-7(9)6-4-2-1-3-5-6;3-1(4)2(5)6/h5-12,16,18H,1-4H3;7-11H,1-6H3;1-7H,(H,14,15);1-5H;(H,3,4)(H,5,6). The van der Waals surface area contributed by atoms with Crippen LogP contribution in [-0.4, -0.2) is 72.7 Å². The molecule has 4 N–H and O–H groups in total. The number of benzene rings is 6. The second-order valence-electron chi connectivity index (χ2n) is 17.9. The third kappa shape index (κ3) is 17.6. The predicted octanol–water partition coefficient (Wildman–Crippen LogP) is 11.3. The van der Waals surface area contributed by atoms with Gasteiger partial charge in [0.25, 0.3) is 5.24 Å². The van der Waals surface area contributed by atoms with Gasteiger partial charge in [0.1, 0.15) is 0 Å². The molecule has 2 unspecified atom stereocenters. The normalized spacial score (nSPS) is 11.8. The first kappa shape index (κ1) is 55.2. The maximum Gasteiger partial charge on any atom is 0.425 e. The predicted molar refractivity (Wildman–Crippen MR) is 260 cm³/mol. The summed E-state index contributed by atoms with van der Waals surface area (Å²) >= 11 is 5.16. The lowest BCUT2D eigenvalue weighted by atomic mass is 9.72. The fraction of sp³-hybridized carbons (Fsp3) is 0.283. The van der Waals surface area contributed by atoms with Crippen molar-refractivity contribution in [3.05, 3.63) is 162 Å². The molecule has 0 aromatic heterocycles. The first-order chi connectivity index (χ1) is 30.7. The Labute approximate surface area is 391 Å². The van der Waals surface area contributed by atoms with Crippen molar-refractivity contribution in [1.82, 2.24) is 0 Å². The zero-order valence-electron chi connectivity index (χ0n) is 39.0. The van der Waals surface area contributed by atoms with E-state index in [1.165, 1.54) is 28.1 Å². The zero-order valence-corrected chi connectivity index (χ0v) is 39.7. The number of esters is 2. The molecule has 0 radical (unpaired) electrons. The molecule has 0 spiro atoms. The fourth-order valence-electron chi connectivity index (χ4n) is 7.48. The number of ether oxygens (including phenoxy) is 1. The summed E-state index contributed by atoms with van der Waals surface area (Å²) in [4.78, 5) is 63.9. The fourth-order valence-corrected chi connectivity index (χ4v) is 7.61. The number of carbonyl (C=O) groups excluding carboxylic acids is 3. The number of anilines is 1. The molecule has 0 bridgehead atoms. The number of hydrogen-bond acceptors (Lipinski definition) is 9. The van der Waals surface area contributed by atoms with Crippen LogP contribution in [-0.2, 0) is 23.9 Å². The van der Waals surface area contributed by atoms with Crippen LogP contribution in [0.4, 0.5) is 5.69 Å². The van der Waals surface area contributed by atoms with E-state index in [-0.39, 0.29) is 34.1 Å². The van der Waals surface area contributed by atoms with Crippen molar-refractivity contribution in [2.75, 3.05) is 4.90 Å². The van der Waals surface area contributed by atoms with Crippen molar-refractivity contribution in [3.63, 3.8) is 0 Å². The van der Waals surface area contributed by atoms with Crippen LogP contribution in [0.5, 0.6) is 0 Å². The van der Waals surface area contributed by atoms with E-state index in [0.717, 1.165) is 5.39 Å². The molecule has 0 fully saturated rings. The summed E-state index contributed by atoms with van der Waals surface area (Å²) in [5.74, 6) is -7.87. The van der Waals surface area contributed by atoms with Crippen LogP contribution in [0.1, 0.15) is 101 Å². The number of carboxylic acid groups (broad SMARTS) is 3. The molecule has 0 saturated heterocycles. The number of fused-ring (bicyclic) bond motifs is 2. The van der Waals surface area contributed by atoms with Gasteiger partial charge in [-0.15, -0.1) is 0 Å². The van der Waals surface area contributed by atoms with Crippen molar-refractivity contribution >= 4 is 73.9 Å². The number of hydrogen-bond donors (Lipinski definition) is 4. The lowest BCUT2D eigenvalue weighted by Crippen LogP contribution is -2.52. The van der Waals surface area contributed by atoms with Crippen molar-refractivity contribution in [3.8, 4) is 0 Å². The smallest absolute Gasteiger partial charge is 0.425 e. The van der Waals surface area contributed by atoms with Gasteiger partial charge in [-0.2, -0.15) is 0 Å². The molecule has 0 aliphatic rings. The number of aliphatic carboxylic acids is 3. The van der Waals surface area contributed by atoms with E-state index in [9.17, 15) is 24.3 Å². The van der Waals surface area contributed by atoms with E-state index in [1.54, 1.807) is 60.7 Å². The highest BCUT2D eigenvalue weighted by molar-refractivity contribution is 6.67. The number of nitrogens with zero attached hydrogens (tertiary/aromatic N) is 1. The number of aliphatic hydroxyl groups excluding tert-OH is 1. The van der Waals surface area contributed by atoms with Crippen LogP contribution >= 0.6 is 11.6 Å². The maximum absolute atomic E-state index is 11.7. The highest BCUT2D eigenvalue weighted by Gasteiger charge is 2.32. The lowest BCUT2D eigenvalue weighted by Gasteiger charge is -2.47. The summed E-state index contributed by atoms with van der Waals surface area (Å²) in [7, 11) is 0. The van der Waals surface area contributed by atoms with E-state index < -0.39 is 35.1 Å². The van der Waals surface area contributed by atoms with Crippen LogP contribution < -0.4 is 4.90 Å². The van der Waals surface area contributed by atoms with Gasteiger partial charge in [-0.25, -0.2) is 24.0 Å². The second-order valence-corrected chi connectivity index (χ2v) is 18.3. The summed E-state index contributed by atoms with van der Waals surface area (Å²) in [5.41, 5.74) is 3.55. The van der Waals surface area contributed by atoms with Gasteiger partial charge in [-0.1, -0.05) is 148 Å². The Kier molecular flexibility index (Phi) is 20.9. The Morgan fingerprint density at radius 1 is 0.530 bits per heavy atom. The first-order valence-electron chi connectivity index (χ1n) is 20.9. The third-order valence-electron chi connectivity index (χ3n) is 9.48. The monoisotopic (exact) mass is 921 g/mol. The first-order valence-corrected chi connectivity index (χ1v) is 21.3. The summed E-state index contributed by atoms with van der Waals surface area (Å²) in [5, 5.41) is 36.8. The van der Waals surface area contributed by atoms with E-state index in [4.69, 9.17) is 36.5 Å². The average molecular weight is 923 g/mol.